The van der Waals surface area contributed by atoms with E-state index in [9.17, 15) is 13.2 Å². The van der Waals surface area contributed by atoms with Crippen molar-refractivity contribution >= 4 is 27.6 Å². The molecule has 190 valence electrons. The molecule has 1 unspecified atom stereocenters. The molecule has 3 aromatic rings. The lowest BCUT2D eigenvalue weighted by Crippen LogP contribution is -2.41. The zero-order valence-corrected chi connectivity index (χ0v) is 22.1. The summed E-state index contributed by atoms with van der Waals surface area (Å²) in [5.74, 6) is 0.539. The van der Waals surface area contributed by atoms with Crippen LogP contribution in [0.25, 0.3) is 11.1 Å². The smallest absolute Gasteiger partial charge is 0.281 e. The third-order valence-corrected chi connectivity index (χ3v) is 7.83. The summed E-state index contributed by atoms with van der Waals surface area (Å²) in [6, 6.07) is 14.0. The minimum absolute atomic E-state index is 0.0484. The Hall–Kier alpha value is -3.46. The number of pyridine rings is 2. The third-order valence-electron chi connectivity index (χ3n) is 6.60. The highest BCUT2D eigenvalue weighted by Crippen LogP contribution is 2.38. The zero-order valence-electron chi connectivity index (χ0n) is 21.3. The lowest BCUT2D eigenvalue weighted by Gasteiger charge is -2.33. The van der Waals surface area contributed by atoms with Crippen LogP contribution in [0.5, 0.6) is 0 Å². The summed E-state index contributed by atoms with van der Waals surface area (Å²) in [4.78, 5) is 24.1. The number of anilines is 2. The number of amides is 1. The standard InChI is InChI=1S/C27H33N5O3S/c1-17(2)19-9-11-20(12-10-19)21-13-22(25(29-15-21)32-16-18(3)14-27(32,4)5)26(33)31-36(34,35)24-8-6-7-23(28)30-24/h6-13,15,17-18H,14,16H2,1-5H3,(H2,28,30)(H,31,33). The number of aromatic nitrogens is 2. The first kappa shape index (κ1) is 25.6. The fourth-order valence-electron chi connectivity index (χ4n) is 4.83. The molecule has 36 heavy (non-hydrogen) atoms. The molecule has 1 saturated heterocycles. The Morgan fingerprint density at radius 3 is 2.42 bits per heavy atom. The van der Waals surface area contributed by atoms with E-state index in [1.165, 1.54) is 23.8 Å². The highest BCUT2D eigenvalue weighted by molar-refractivity contribution is 7.90. The maximum Gasteiger partial charge on any atom is 0.281 e. The van der Waals surface area contributed by atoms with E-state index in [4.69, 9.17) is 10.7 Å². The highest BCUT2D eigenvalue weighted by Gasteiger charge is 2.39. The van der Waals surface area contributed by atoms with Crippen molar-refractivity contribution in [3.63, 3.8) is 0 Å². The minimum atomic E-state index is -4.24. The molecule has 3 N–H and O–H groups in total. The Bertz CT molecular complexity index is 1380. The number of hydrogen-bond donors (Lipinski definition) is 2. The van der Waals surface area contributed by atoms with Crippen molar-refractivity contribution in [3.8, 4) is 11.1 Å². The van der Waals surface area contributed by atoms with E-state index in [1.807, 2.05) is 12.1 Å². The van der Waals surface area contributed by atoms with Crippen LogP contribution < -0.4 is 15.4 Å². The number of nitrogen functional groups attached to an aromatic ring is 1. The number of benzene rings is 1. The van der Waals surface area contributed by atoms with Crippen LogP contribution in [-0.4, -0.2) is 36.4 Å². The Morgan fingerprint density at radius 1 is 1.14 bits per heavy atom. The molecule has 8 nitrogen and oxygen atoms in total. The molecule has 0 saturated carbocycles. The van der Waals surface area contributed by atoms with E-state index in [0.717, 1.165) is 17.5 Å². The van der Waals surface area contributed by atoms with Crippen molar-refractivity contribution in [2.75, 3.05) is 17.2 Å². The monoisotopic (exact) mass is 507 g/mol. The van der Waals surface area contributed by atoms with Gasteiger partial charge in [0, 0.05) is 23.8 Å². The molecule has 4 rings (SSSR count). The molecule has 3 heterocycles. The number of nitrogens with zero attached hydrogens (tertiary/aromatic N) is 3. The fourth-order valence-corrected chi connectivity index (χ4v) is 5.77. The summed E-state index contributed by atoms with van der Waals surface area (Å²) in [5, 5.41) is -0.319. The van der Waals surface area contributed by atoms with Crippen molar-refractivity contribution in [1.29, 1.82) is 0 Å². The van der Waals surface area contributed by atoms with Gasteiger partial charge in [-0.05, 0) is 61.4 Å². The molecule has 1 fully saturated rings. The van der Waals surface area contributed by atoms with Crippen molar-refractivity contribution in [2.45, 2.75) is 57.5 Å². The average Bonchev–Trinajstić information content (AvgIpc) is 3.10. The van der Waals surface area contributed by atoms with Gasteiger partial charge in [-0.1, -0.05) is 51.1 Å². The van der Waals surface area contributed by atoms with E-state index in [2.05, 4.69) is 61.4 Å². The number of carbonyl (C=O) groups is 1. The summed E-state index contributed by atoms with van der Waals surface area (Å²) in [6.07, 6.45) is 2.67. The molecule has 1 amide bonds. The number of nitrogens with one attached hydrogen (secondary N) is 1. The SMILES string of the molecule is CC1CN(c2ncc(-c3ccc(C(C)C)cc3)cc2C(=O)NS(=O)(=O)c2cccc(N)n2)C(C)(C)C1. The van der Waals surface area contributed by atoms with E-state index < -0.39 is 15.9 Å². The largest absolute Gasteiger partial charge is 0.384 e. The molecular weight excluding hydrogens is 474 g/mol. The van der Waals surface area contributed by atoms with E-state index in [-0.39, 0.29) is 21.9 Å². The highest BCUT2D eigenvalue weighted by atomic mass is 32.2. The third kappa shape index (κ3) is 5.21. The van der Waals surface area contributed by atoms with Gasteiger partial charge in [0.05, 0.1) is 5.56 Å². The van der Waals surface area contributed by atoms with Gasteiger partial charge >= 0.3 is 0 Å². The maximum absolute atomic E-state index is 13.5. The fraction of sp³-hybridized carbons (Fsp3) is 0.370. The van der Waals surface area contributed by atoms with Crippen LogP contribution in [0.4, 0.5) is 11.6 Å². The van der Waals surface area contributed by atoms with Gasteiger partial charge in [-0.15, -0.1) is 0 Å². The van der Waals surface area contributed by atoms with Crippen LogP contribution in [0, 0.1) is 5.92 Å². The van der Waals surface area contributed by atoms with Crippen molar-refractivity contribution < 1.29 is 13.2 Å². The Kier molecular flexibility index (Phi) is 6.79. The van der Waals surface area contributed by atoms with Crippen LogP contribution in [0.15, 0.2) is 59.8 Å². The second-order valence-corrected chi connectivity index (χ2v) is 12.1. The first-order chi connectivity index (χ1) is 16.9. The van der Waals surface area contributed by atoms with Gasteiger partial charge in [-0.2, -0.15) is 8.42 Å². The number of carbonyl (C=O) groups excluding carboxylic acids is 1. The van der Waals surface area contributed by atoms with Gasteiger partial charge in [-0.3, -0.25) is 4.79 Å². The quantitative estimate of drug-likeness (QED) is 0.501. The van der Waals surface area contributed by atoms with Gasteiger partial charge in [0.15, 0.2) is 5.03 Å². The van der Waals surface area contributed by atoms with Crippen LogP contribution in [-0.2, 0) is 10.0 Å². The molecule has 2 aromatic heterocycles. The summed E-state index contributed by atoms with van der Waals surface area (Å²) < 4.78 is 28.1. The topological polar surface area (TPSA) is 118 Å². The van der Waals surface area contributed by atoms with Crippen LogP contribution in [0.3, 0.4) is 0 Å². The molecule has 1 aliphatic heterocycles. The minimum Gasteiger partial charge on any atom is -0.384 e. The number of sulfonamides is 1. The van der Waals surface area contributed by atoms with Gasteiger partial charge < -0.3 is 10.6 Å². The summed E-state index contributed by atoms with van der Waals surface area (Å²) in [5.41, 5.74) is 8.43. The lowest BCUT2D eigenvalue weighted by atomic mass is 9.97. The van der Waals surface area contributed by atoms with Crippen molar-refractivity contribution in [2.24, 2.45) is 5.92 Å². The van der Waals surface area contributed by atoms with Crippen molar-refractivity contribution in [3.05, 3.63) is 65.9 Å². The molecule has 1 atom stereocenters. The number of rotatable bonds is 6. The molecule has 1 aliphatic rings. The van der Waals surface area contributed by atoms with Crippen LogP contribution in [0.1, 0.15) is 62.9 Å². The molecule has 9 heteroatoms. The van der Waals surface area contributed by atoms with Crippen molar-refractivity contribution in [1.82, 2.24) is 14.7 Å². The molecule has 0 aliphatic carbocycles. The maximum atomic E-state index is 13.5. The van der Waals surface area contributed by atoms with Crippen LogP contribution >= 0.6 is 0 Å². The van der Waals surface area contributed by atoms with Gasteiger partial charge in [0.25, 0.3) is 15.9 Å². The second kappa shape index (κ2) is 9.54. The molecule has 0 radical (unpaired) electrons. The Labute approximate surface area is 213 Å². The molecular formula is C27H33N5O3S. The number of nitrogens with two attached hydrogens (primary N) is 1. The summed E-state index contributed by atoms with van der Waals surface area (Å²) >= 11 is 0. The molecule has 0 spiro atoms. The van der Waals surface area contributed by atoms with Gasteiger partial charge in [-0.25, -0.2) is 14.7 Å². The Balaban J connectivity index is 1.77. The van der Waals surface area contributed by atoms with Gasteiger partial charge in [0.1, 0.15) is 11.6 Å². The lowest BCUT2D eigenvalue weighted by molar-refractivity contribution is 0.0981. The normalized spacial score (nSPS) is 17.4. The number of hydrogen-bond acceptors (Lipinski definition) is 7. The summed E-state index contributed by atoms with van der Waals surface area (Å²) in [7, 11) is -4.24. The first-order valence-electron chi connectivity index (χ1n) is 12.0. The molecule has 0 bridgehead atoms. The predicted octanol–water partition coefficient (Wildman–Crippen LogP) is 4.59. The summed E-state index contributed by atoms with van der Waals surface area (Å²) in [6.45, 7) is 11.3. The zero-order chi connectivity index (χ0) is 26.3. The van der Waals surface area contributed by atoms with E-state index in [0.29, 0.717) is 24.2 Å². The van der Waals surface area contributed by atoms with E-state index >= 15 is 0 Å². The predicted molar refractivity (Wildman–Crippen MR) is 142 cm³/mol. The van der Waals surface area contributed by atoms with Crippen LogP contribution in [0.2, 0.25) is 0 Å². The second-order valence-electron chi connectivity index (χ2n) is 10.4. The Morgan fingerprint density at radius 2 is 1.83 bits per heavy atom. The van der Waals surface area contributed by atoms with E-state index in [1.54, 1.807) is 12.3 Å². The average molecular weight is 508 g/mol. The first-order valence-corrected chi connectivity index (χ1v) is 13.5. The van der Waals surface area contributed by atoms with Gasteiger partial charge in [0.2, 0.25) is 0 Å². The molecule has 1 aromatic carbocycles.